The third kappa shape index (κ3) is 2.85. The lowest BCUT2D eigenvalue weighted by Crippen LogP contribution is -2.31. The summed E-state index contributed by atoms with van der Waals surface area (Å²) in [5.74, 6) is -0.0430. The first kappa shape index (κ1) is 13.0. The van der Waals surface area contributed by atoms with Crippen molar-refractivity contribution in [2.75, 3.05) is 13.1 Å². The molecule has 1 heterocycles. The van der Waals surface area contributed by atoms with E-state index in [1.165, 1.54) is 0 Å². The summed E-state index contributed by atoms with van der Waals surface area (Å²) in [7, 11) is 0. The highest BCUT2D eigenvalue weighted by Crippen LogP contribution is 2.15. The zero-order valence-corrected chi connectivity index (χ0v) is 10.6. The van der Waals surface area contributed by atoms with E-state index in [2.05, 4.69) is 23.4 Å². The van der Waals surface area contributed by atoms with Crippen molar-refractivity contribution >= 4 is 16.7 Å². The number of fused-ring (bicyclic) bond motifs is 1. The first-order valence-corrected chi connectivity index (χ1v) is 5.97. The molecular formula is C15H15N3O. The monoisotopic (exact) mass is 253 g/mol. The van der Waals surface area contributed by atoms with Crippen LogP contribution in [0.3, 0.4) is 0 Å². The fourth-order valence-corrected chi connectivity index (χ4v) is 1.86. The Hall–Kier alpha value is -2.49. The molecule has 0 unspecified atom stereocenters. The van der Waals surface area contributed by atoms with Gasteiger partial charge in [0.2, 0.25) is 0 Å². The fourth-order valence-electron chi connectivity index (χ4n) is 1.86. The van der Waals surface area contributed by atoms with Crippen LogP contribution >= 0.6 is 0 Å². The van der Waals surface area contributed by atoms with Gasteiger partial charge in [-0.1, -0.05) is 18.2 Å². The lowest BCUT2D eigenvalue weighted by atomic mass is 10.1. The summed E-state index contributed by atoms with van der Waals surface area (Å²) < 4.78 is 0. The van der Waals surface area contributed by atoms with Gasteiger partial charge in [-0.3, -0.25) is 4.79 Å². The summed E-state index contributed by atoms with van der Waals surface area (Å²) in [6.45, 7) is 8.32. The van der Waals surface area contributed by atoms with Crippen molar-refractivity contribution < 1.29 is 4.79 Å². The van der Waals surface area contributed by atoms with Crippen LogP contribution in [0.2, 0.25) is 0 Å². The van der Waals surface area contributed by atoms with Crippen molar-refractivity contribution in [1.82, 2.24) is 15.1 Å². The molecule has 2 rings (SSSR count). The zero-order valence-electron chi connectivity index (χ0n) is 10.6. The largest absolute Gasteiger partial charge is 0.331 e. The van der Waals surface area contributed by atoms with Gasteiger partial charge in [0, 0.05) is 29.4 Å². The van der Waals surface area contributed by atoms with Crippen LogP contribution in [0.1, 0.15) is 10.4 Å². The predicted octanol–water partition coefficient (Wildman–Crippen LogP) is 2.44. The molecule has 0 saturated carbocycles. The van der Waals surface area contributed by atoms with E-state index < -0.39 is 0 Å². The third-order valence-electron chi connectivity index (χ3n) is 2.78. The fraction of sp³-hybridized carbons (Fsp3) is 0.133. The van der Waals surface area contributed by atoms with Gasteiger partial charge in [0.1, 0.15) is 0 Å². The average Bonchev–Trinajstić information content (AvgIpc) is 2.46. The number of nitrogens with zero attached hydrogens (tertiary/aromatic N) is 3. The maximum Gasteiger partial charge on any atom is 0.254 e. The van der Waals surface area contributed by atoms with E-state index >= 15 is 0 Å². The number of aromatic nitrogens is 2. The Morgan fingerprint density at radius 3 is 2.37 bits per heavy atom. The van der Waals surface area contributed by atoms with Crippen molar-refractivity contribution in [3.63, 3.8) is 0 Å². The normalized spacial score (nSPS) is 10.1. The molecule has 0 bridgehead atoms. The van der Waals surface area contributed by atoms with Gasteiger partial charge in [-0.25, -0.2) is 0 Å². The van der Waals surface area contributed by atoms with E-state index in [1.54, 1.807) is 35.5 Å². The van der Waals surface area contributed by atoms with Gasteiger partial charge in [0.05, 0.1) is 12.4 Å². The van der Waals surface area contributed by atoms with E-state index in [-0.39, 0.29) is 5.91 Å². The summed E-state index contributed by atoms with van der Waals surface area (Å²) in [4.78, 5) is 14.0. The molecular weight excluding hydrogens is 238 g/mol. The number of rotatable bonds is 5. The molecule has 0 atom stereocenters. The molecule has 2 aromatic rings. The van der Waals surface area contributed by atoms with Crippen LogP contribution in [0.5, 0.6) is 0 Å². The summed E-state index contributed by atoms with van der Waals surface area (Å²) >= 11 is 0. The Kier molecular flexibility index (Phi) is 4.03. The number of hydrogen-bond acceptors (Lipinski definition) is 3. The van der Waals surface area contributed by atoms with Gasteiger partial charge in [0.25, 0.3) is 5.91 Å². The Morgan fingerprint density at radius 2 is 1.74 bits per heavy atom. The summed E-state index contributed by atoms with van der Waals surface area (Å²) in [5.41, 5.74) is 0.629. The van der Waals surface area contributed by atoms with Crippen molar-refractivity contribution in [1.29, 1.82) is 0 Å². The number of amides is 1. The molecule has 0 spiro atoms. The molecule has 0 aliphatic rings. The number of benzene rings is 1. The molecule has 19 heavy (non-hydrogen) atoms. The SMILES string of the molecule is C=CCN(CC=C)C(=O)c1ccc2cnncc2c1. The highest BCUT2D eigenvalue weighted by Gasteiger charge is 2.13. The second kappa shape index (κ2) is 5.91. The Balaban J connectivity index is 2.33. The van der Waals surface area contributed by atoms with Gasteiger partial charge >= 0.3 is 0 Å². The summed E-state index contributed by atoms with van der Waals surface area (Å²) in [6.07, 6.45) is 6.73. The van der Waals surface area contributed by atoms with E-state index in [0.717, 1.165) is 10.8 Å². The molecule has 1 aromatic heterocycles. The van der Waals surface area contributed by atoms with Crippen molar-refractivity contribution in [2.24, 2.45) is 0 Å². The molecule has 96 valence electrons. The minimum absolute atomic E-state index is 0.0430. The maximum absolute atomic E-state index is 12.4. The van der Waals surface area contributed by atoms with Gasteiger partial charge in [-0.15, -0.1) is 13.2 Å². The second-order valence-corrected chi connectivity index (χ2v) is 4.12. The number of carbonyl (C=O) groups is 1. The minimum Gasteiger partial charge on any atom is -0.331 e. The topological polar surface area (TPSA) is 46.1 Å². The van der Waals surface area contributed by atoms with Crippen molar-refractivity contribution in [3.05, 3.63) is 61.5 Å². The van der Waals surface area contributed by atoms with Gasteiger partial charge in [0.15, 0.2) is 0 Å². The van der Waals surface area contributed by atoms with Crippen LogP contribution in [-0.4, -0.2) is 34.1 Å². The molecule has 1 amide bonds. The Labute approximate surface area is 112 Å². The van der Waals surface area contributed by atoms with Crippen molar-refractivity contribution in [3.8, 4) is 0 Å². The van der Waals surface area contributed by atoms with Gasteiger partial charge in [-0.05, 0) is 12.1 Å². The highest BCUT2D eigenvalue weighted by molar-refractivity contribution is 5.98. The zero-order chi connectivity index (χ0) is 13.7. The van der Waals surface area contributed by atoms with Crippen molar-refractivity contribution in [2.45, 2.75) is 0 Å². The number of carbonyl (C=O) groups excluding carboxylic acids is 1. The predicted molar refractivity (Wildman–Crippen MR) is 75.8 cm³/mol. The maximum atomic E-state index is 12.4. The lowest BCUT2D eigenvalue weighted by Gasteiger charge is -2.19. The van der Waals surface area contributed by atoms with E-state index in [1.807, 2.05) is 12.1 Å². The molecule has 1 aromatic carbocycles. The third-order valence-corrected chi connectivity index (χ3v) is 2.78. The Bertz CT molecular complexity index is 612. The summed E-state index contributed by atoms with van der Waals surface area (Å²) in [5, 5.41) is 9.50. The van der Waals surface area contributed by atoms with Crippen LogP contribution in [0.4, 0.5) is 0 Å². The second-order valence-electron chi connectivity index (χ2n) is 4.12. The van der Waals surface area contributed by atoms with Crippen LogP contribution < -0.4 is 0 Å². The standard InChI is InChI=1S/C15H15N3O/c1-3-7-18(8-4-2)15(19)12-5-6-13-10-16-17-11-14(13)9-12/h3-6,9-11H,1-2,7-8H2. The van der Waals surface area contributed by atoms with E-state index in [9.17, 15) is 4.79 Å². The van der Waals surface area contributed by atoms with Gasteiger partial charge < -0.3 is 4.90 Å². The molecule has 4 nitrogen and oxygen atoms in total. The van der Waals surface area contributed by atoms with Crippen LogP contribution in [0.15, 0.2) is 55.9 Å². The van der Waals surface area contributed by atoms with Gasteiger partial charge in [-0.2, -0.15) is 10.2 Å². The lowest BCUT2D eigenvalue weighted by molar-refractivity contribution is 0.0791. The van der Waals surface area contributed by atoms with Crippen LogP contribution in [0.25, 0.3) is 10.8 Å². The number of hydrogen-bond donors (Lipinski definition) is 0. The van der Waals surface area contributed by atoms with E-state index in [4.69, 9.17) is 0 Å². The first-order chi connectivity index (χ1) is 9.26. The summed E-state index contributed by atoms with van der Waals surface area (Å²) in [6, 6.07) is 5.49. The smallest absolute Gasteiger partial charge is 0.254 e. The minimum atomic E-state index is -0.0430. The van der Waals surface area contributed by atoms with Crippen LogP contribution in [0, 0.1) is 0 Å². The average molecular weight is 253 g/mol. The molecule has 0 N–H and O–H groups in total. The molecule has 0 radical (unpaired) electrons. The molecule has 4 heteroatoms. The molecule has 0 saturated heterocycles. The first-order valence-electron chi connectivity index (χ1n) is 5.97. The highest BCUT2D eigenvalue weighted by atomic mass is 16.2. The molecule has 0 aliphatic carbocycles. The molecule has 0 fully saturated rings. The van der Waals surface area contributed by atoms with Crippen LogP contribution in [-0.2, 0) is 0 Å². The van der Waals surface area contributed by atoms with E-state index in [0.29, 0.717) is 18.7 Å². The quantitative estimate of drug-likeness (QED) is 0.769. The molecule has 0 aliphatic heterocycles. The Morgan fingerprint density at radius 1 is 1.11 bits per heavy atom.